The predicted octanol–water partition coefficient (Wildman–Crippen LogP) is 7.27. The third-order valence-electron chi connectivity index (χ3n) is 5.97. The fraction of sp³-hybridized carbons (Fsp3) is 0.111. The van der Waals surface area contributed by atoms with Crippen molar-refractivity contribution >= 4 is 21.8 Å². The molecule has 2 heteroatoms. The van der Waals surface area contributed by atoms with Crippen molar-refractivity contribution in [2.24, 2.45) is 5.92 Å². The Morgan fingerprint density at radius 3 is 2.21 bits per heavy atom. The minimum absolute atomic E-state index is 0.190. The summed E-state index contributed by atoms with van der Waals surface area (Å²) in [6.45, 7) is 6.40. The van der Waals surface area contributed by atoms with E-state index in [1.807, 2.05) is 0 Å². The van der Waals surface area contributed by atoms with Crippen molar-refractivity contribution in [3.05, 3.63) is 109 Å². The second-order valence-electron chi connectivity index (χ2n) is 7.69. The molecule has 2 aromatic heterocycles. The Morgan fingerprint density at radius 1 is 0.793 bits per heavy atom. The van der Waals surface area contributed by atoms with Crippen LogP contribution in [-0.2, 0) is 0 Å². The number of aromatic nitrogens is 2. The lowest BCUT2D eigenvalue weighted by Gasteiger charge is -2.23. The van der Waals surface area contributed by atoms with E-state index in [0.29, 0.717) is 0 Å². The summed E-state index contributed by atoms with van der Waals surface area (Å²) in [7, 11) is 0. The third-order valence-corrected chi connectivity index (χ3v) is 5.97. The normalized spacial score (nSPS) is 13.6. The summed E-state index contributed by atoms with van der Waals surface area (Å²) >= 11 is 0. The molecule has 0 aliphatic carbocycles. The van der Waals surface area contributed by atoms with Crippen LogP contribution in [0.5, 0.6) is 0 Å². The summed E-state index contributed by atoms with van der Waals surface area (Å²) in [4.78, 5) is 7.18. The summed E-state index contributed by atoms with van der Waals surface area (Å²) < 4.78 is 0. The van der Waals surface area contributed by atoms with Gasteiger partial charge in [0.1, 0.15) is 0 Å². The van der Waals surface area contributed by atoms with Crippen LogP contribution < -0.4 is 0 Å². The molecular weight excluding hydrogens is 352 g/mol. The Hall–Kier alpha value is -3.52. The smallest absolute Gasteiger partial charge is 0.0503 e. The van der Waals surface area contributed by atoms with Gasteiger partial charge in [-0.1, -0.05) is 79.7 Å². The van der Waals surface area contributed by atoms with E-state index in [4.69, 9.17) is 0 Å². The van der Waals surface area contributed by atoms with Crippen molar-refractivity contribution in [3.63, 3.8) is 0 Å². The minimum Gasteiger partial charge on any atom is -0.361 e. The van der Waals surface area contributed by atoms with Gasteiger partial charge in [-0.05, 0) is 34.7 Å². The largest absolute Gasteiger partial charge is 0.361 e. The standard InChI is InChI=1S/C27H24N2/c1-3-18(2)25(22-17-28-23-15-9-7-13-20(22)23)26-21-14-8-10-16-24(21)29-27(26)19-11-5-4-6-12-19/h3-18,25,28-29H,1H2,2H3. The van der Waals surface area contributed by atoms with Crippen LogP contribution in [0.2, 0.25) is 0 Å². The molecule has 142 valence electrons. The predicted molar refractivity (Wildman–Crippen MR) is 123 cm³/mol. The molecule has 5 rings (SSSR count). The number of fused-ring (bicyclic) bond motifs is 2. The summed E-state index contributed by atoms with van der Waals surface area (Å²) in [5.74, 6) is 0.464. The Bertz CT molecular complexity index is 1290. The van der Waals surface area contributed by atoms with E-state index in [-0.39, 0.29) is 11.8 Å². The first-order valence-electron chi connectivity index (χ1n) is 10.1. The molecular formula is C27H24N2. The van der Waals surface area contributed by atoms with Crippen molar-refractivity contribution in [3.8, 4) is 11.3 Å². The molecule has 29 heavy (non-hydrogen) atoms. The number of nitrogens with one attached hydrogen (secondary N) is 2. The van der Waals surface area contributed by atoms with E-state index in [1.165, 1.54) is 44.2 Å². The molecule has 2 nitrogen and oxygen atoms in total. The van der Waals surface area contributed by atoms with Crippen LogP contribution >= 0.6 is 0 Å². The quantitative estimate of drug-likeness (QED) is 0.302. The number of allylic oxidation sites excluding steroid dienone is 1. The molecule has 3 aromatic carbocycles. The van der Waals surface area contributed by atoms with Crippen molar-refractivity contribution in [1.29, 1.82) is 0 Å². The van der Waals surface area contributed by atoms with Crippen LogP contribution in [0.4, 0.5) is 0 Å². The fourth-order valence-corrected chi connectivity index (χ4v) is 4.51. The Labute approximate surface area is 170 Å². The molecule has 2 N–H and O–H groups in total. The summed E-state index contributed by atoms with van der Waals surface area (Å²) in [5.41, 5.74) is 7.39. The van der Waals surface area contributed by atoms with Crippen LogP contribution in [0.1, 0.15) is 24.0 Å². The molecule has 5 aromatic rings. The molecule has 0 bridgehead atoms. The highest BCUT2D eigenvalue weighted by molar-refractivity contribution is 5.93. The molecule has 0 saturated carbocycles. The number of hydrogen-bond donors (Lipinski definition) is 2. The topological polar surface area (TPSA) is 31.6 Å². The molecule has 0 amide bonds. The maximum Gasteiger partial charge on any atom is 0.0503 e. The fourth-order valence-electron chi connectivity index (χ4n) is 4.51. The molecule has 0 radical (unpaired) electrons. The van der Waals surface area contributed by atoms with Gasteiger partial charge in [0.05, 0.1) is 5.69 Å². The Kier molecular flexibility index (Phi) is 4.33. The van der Waals surface area contributed by atoms with E-state index < -0.39 is 0 Å². The van der Waals surface area contributed by atoms with E-state index in [0.717, 1.165) is 0 Å². The lowest BCUT2D eigenvalue weighted by atomic mass is 9.79. The van der Waals surface area contributed by atoms with Crippen LogP contribution in [0.15, 0.2) is 97.7 Å². The number of para-hydroxylation sites is 2. The van der Waals surface area contributed by atoms with Gasteiger partial charge in [-0.2, -0.15) is 0 Å². The van der Waals surface area contributed by atoms with Gasteiger partial charge in [0.25, 0.3) is 0 Å². The molecule has 0 saturated heterocycles. The van der Waals surface area contributed by atoms with Gasteiger partial charge in [0.15, 0.2) is 0 Å². The SMILES string of the molecule is C=CC(C)C(c1c[nH]c2ccccc12)c1c(-c2ccccc2)[nH]c2ccccc12. The first-order chi connectivity index (χ1) is 14.3. The minimum atomic E-state index is 0.190. The number of H-pyrrole nitrogens is 2. The molecule has 0 aliphatic heterocycles. The van der Waals surface area contributed by atoms with Gasteiger partial charge in [0, 0.05) is 33.9 Å². The average Bonchev–Trinajstić information content (AvgIpc) is 3.37. The number of rotatable bonds is 5. The second-order valence-corrected chi connectivity index (χ2v) is 7.69. The van der Waals surface area contributed by atoms with Crippen molar-refractivity contribution in [1.82, 2.24) is 9.97 Å². The summed E-state index contributed by atoms with van der Waals surface area (Å²) in [6, 6.07) is 27.8. The second kappa shape index (κ2) is 7.14. The van der Waals surface area contributed by atoms with Gasteiger partial charge in [0.2, 0.25) is 0 Å². The van der Waals surface area contributed by atoms with E-state index in [1.54, 1.807) is 0 Å². The Morgan fingerprint density at radius 2 is 1.45 bits per heavy atom. The summed E-state index contributed by atoms with van der Waals surface area (Å²) in [5, 5.41) is 2.55. The lowest BCUT2D eigenvalue weighted by Crippen LogP contribution is -2.10. The molecule has 0 fully saturated rings. The van der Waals surface area contributed by atoms with Crippen LogP contribution in [0, 0.1) is 5.92 Å². The van der Waals surface area contributed by atoms with Crippen LogP contribution in [0.3, 0.4) is 0 Å². The zero-order valence-electron chi connectivity index (χ0n) is 16.5. The highest BCUT2D eigenvalue weighted by Crippen LogP contribution is 2.44. The van der Waals surface area contributed by atoms with Gasteiger partial charge >= 0.3 is 0 Å². The molecule has 2 unspecified atom stereocenters. The lowest BCUT2D eigenvalue weighted by molar-refractivity contribution is 0.634. The van der Waals surface area contributed by atoms with E-state index in [9.17, 15) is 0 Å². The van der Waals surface area contributed by atoms with Gasteiger partial charge in [-0.15, -0.1) is 6.58 Å². The maximum absolute atomic E-state index is 4.14. The van der Waals surface area contributed by atoms with Gasteiger partial charge < -0.3 is 9.97 Å². The van der Waals surface area contributed by atoms with E-state index >= 15 is 0 Å². The average molecular weight is 377 g/mol. The first-order valence-corrected chi connectivity index (χ1v) is 10.1. The molecule has 0 spiro atoms. The highest BCUT2D eigenvalue weighted by Gasteiger charge is 2.28. The third kappa shape index (κ3) is 2.89. The van der Waals surface area contributed by atoms with Crippen molar-refractivity contribution in [2.45, 2.75) is 12.8 Å². The number of hydrogen-bond acceptors (Lipinski definition) is 0. The zero-order valence-corrected chi connectivity index (χ0v) is 16.5. The van der Waals surface area contributed by atoms with Crippen LogP contribution in [-0.4, -0.2) is 9.97 Å². The van der Waals surface area contributed by atoms with Gasteiger partial charge in [-0.25, -0.2) is 0 Å². The first kappa shape index (κ1) is 17.6. The monoisotopic (exact) mass is 376 g/mol. The van der Waals surface area contributed by atoms with E-state index in [2.05, 4.69) is 115 Å². The Balaban J connectivity index is 1.84. The van der Waals surface area contributed by atoms with Crippen LogP contribution in [0.25, 0.3) is 33.1 Å². The van der Waals surface area contributed by atoms with Crippen molar-refractivity contribution in [2.75, 3.05) is 0 Å². The van der Waals surface area contributed by atoms with Crippen molar-refractivity contribution < 1.29 is 0 Å². The van der Waals surface area contributed by atoms with Gasteiger partial charge in [-0.3, -0.25) is 0 Å². The number of aromatic amines is 2. The maximum atomic E-state index is 4.14. The summed E-state index contributed by atoms with van der Waals surface area (Å²) in [6.07, 6.45) is 4.24. The molecule has 0 aliphatic rings. The molecule has 2 heterocycles. The zero-order chi connectivity index (χ0) is 19.8. The highest BCUT2D eigenvalue weighted by atomic mass is 14.7. The number of benzene rings is 3. The molecule has 2 atom stereocenters.